The number of aromatic amines is 1. The molecule has 5 heteroatoms. The van der Waals surface area contributed by atoms with E-state index < -0.39 is 0 Å². The smallest absolute Gasteiger partial charge is 0.225 e. The molecule has 5 rings (SSSR count). The van der Waals surface area contributed by atoms with Gasteiger partial charge in [0.2, 0.25) is 5.91 Å². The number of H-pyrrole nitrogens is 1. The average molecular weight is 402 g/mol. The van der Waals surface area contributed by atoms with Crippen molar-refractivity contribution in [2.24, 2.45) is 0 Å². The summed E-state index contributed by atoms with van der Waals surface area (Å²) in [4.78, 5) is 16.6. The van der Waals surface area contributed by atoms with Gasteiger partial charge in [-0.3, -0.25) is 4.79 Å². The number of aromatic nitrogens is 2. The van der Waals surface area contributed by atoms with Crippen molar-refractivity contribution in [2.45, 2.75) is 38.3 Å². The largest absolute Gasteiger partial charge is 0.383 e. The fraction of sp³-hybridized carbons (Fsp3) is 0.320. The molecule has 4 aromatic rings. The second-order valence-corrected chi connectivity index (χ2v) is 8.11. The Morgan fingerprint density at radius 3 is 2.83 bits per heavy atom. The zero-order valence-electron chi connectivity index (χ0n) is 17.3. The molecule has 0 radical (unpaired) electrons. The lowest BCUT2D eigenvalue weighted by atomic mass is 9.91. The predicted octanol–water partition coefficient (Wildman–Crippen LogP) is 4.51. The molecule has 2 heterocycles. The highest BCUT2D eigenvalue weighted by molar-refractivity contribution is 5.90. The monoisotopic (exact) mass is 401 g/mol. The molecule has 5 nitrogen and oxygen atoms in total. The van der Waals surface area contributed by atoms with E-state index in [2.05, 4.69) is 57.5 Å². The maximum Gasteiger partial charge on any atom is 0.225 e. The van der Waals surface area contributed by atoms with Crippen molar-refractivity contribution in [1.29, 1.82) is 0 Å². The molecule has 2 N–H and O–H groups in total. The van der Waals surface area contributed by atoms with Crippen LogP contribution in [0.3, 0.4) is 0 Å². The van der Waals surface area contributed by atoms with Crippen LogP contribution < -0.4 is 5.32 Å². The molecular weight excluding hydrogens is 374 g/mol. The zero-order chi connectivity index (χ0) is 20.5. The minimum Gasteiger partial charge on any atom is -0.383 e. The fourth-order valence-corrected chi connectivity index (χ4v) is 4.82. The first kappa shape index (κ1) is 18.9. The Labute approximate surface area is 176 Å². The van der Waals surface area contributed by atoms with Gasteiger partial charge in [0, 0.05) is 47.4 Å². The van der Waals surface area contributed by atoms with Crippen LogP contribution in [-0.2, 0) is 28.9 Å². The molecule has 30 heavy (non-hydrogen) atoms. The molecule has 2 aromatic carbocycles. The van der Waals surface area contributed by atoms with Crippen molar-refractivity contribution in [3.8, 4) is 0 Å². The van der Waals surface area contributed by atoms with Gasteiger partial charge in [0.25, 0.3) is 0 Å². The van der Waals surface area contributed by atoms with Crippen molar-refractivity contribution in [2.75, 3.05) is 13.7 Å². The Kier molecular flexibility index (Phi) is 5.05. The van der Waals surface area contributed by atoms with Crippen LogP contribution in [0.4, 0.5) is 0 Å². The second-order valence-electron chi connectivity index (χ2n) is 8.11. The van der Waals surface area contributed by atoms with Gasteiger partial charge in [-0.15, -0.1) is 0 Å². The molecular formula is C25H27N3O2. The van der Waals surface area contributed by atoms with Gasteiger partial charge in [-0.1, -0.05) is 36.4 Å². The quantitative estimate of drug-likeness (QED) is 0.500. The van der Waals surface area contributed by atoms with Gasteiger partial charge >= 0.3 is 0 Å². The van der Waals surface area contributed by atoms with E-state index in [-0.39, 0.29) is 11.9 Å². The number of ether oxygens (including phenoxy) is 1. The van der Waals surface area contributed by atoms with Gasteiger partial charge in [-0.2, -0.15) is 0 Å². The maximum atomic E-state index is 13.0. The van der Waals surface area contributed by atoms with Crippen LogP contribution in [0.15, 0.2) is 54.7 Å². The van der Waals surface area contributed by atoms with Crippen LogP contribution in [0.5, 0.6) is 0 Å². The number of benzene rings is 2. The van der Waals surface area contributed by atoms with Gasteiger partial charge in [0.1, 0.15) is 0 Å². The van der Waals surface area contributed by atoms with Crippen molar-refractivity contribution in [1.82, 2.24) is 14.9 Å². The van der Waals surface area contributed by atoms with Crippen LogP contribution in [0.2, 0.25) is 0 Å². The fourth-order valence-electron chi connectivity index (χ4n) is 4.82. The van der Waals surface area contributed by atoms with Gasteiger partial charge < -0.3 is 19.6 Å². The number of fused-ring (bicyclic) bond motifs is 4. The number of nitrogens with zero attached hydrogens (tertiary/aromatic N) is 1. The average Bonchev–Trinajstić information content (AvgIpc) is 3.32. The summed E-state index contributed by atoms with van der Waals surface area (Å²) < 4.78 is 7.42. The molecule has 0 spiro atoms. The molecule has 2 aromatic heterocycles. The Morgan fingerprint density at radius 1 is 1.17 bits per heavy atom. The number of hydrogen-bond acceptors (Lipinski definition) is 2. The third-order valence-electron chi connectivity index (χ3n) is 6.21. The molecule has 0 fully saturated rings. The van der Waals surface area contributed by atoms with Gasteiger partial charge in [-0.25, -0.2) is 0 Å². The molecule has 1 atom stereocenters. The molecule has 0 aliphatic heterocycles. The molecule has 1 aliphatic carbocycles. The topological polar surface area (TPSA) is 59.0 Å². The summed E-state index contributed by atoms with van der Waals surface area (Å²) in [6.07, 6.45) is 5.61. The Bertz CT molecular complexity index is 1200. The van der Waals surface area contributed by atoms with Gasteiger partial charge in [0.05, 0.1) is 19.1 Å². The number of rotatable bonds is 6. The van der Waals surface area contributed by atoms with E-state index >= 15 is 0 Å². The minimum absolute atomic E-state index is 0.0514. The highest BCUT2D eigenvalue weighted by Crippen LogP contribution is 2.34. The Hall–Kier alpha value is -3.05. The number of carbonyl (C=O) groups excluding carboxylic acids is 1. The van der Waals surface area contributed by atoms with Crippen LogP contribution in [0.1, 0.15) is 35.7 Å². The number of carbonyl (C=O) groups is 1. The lowest BCUT2D eigenvalue weighted by molar-refractivity contribution is -0.121. The normalized spacial score (nSPS) is 16.1. The van der Waals surface area contributed by atoms with Crippen molar-refractivity contribution < 1.29 is 9.53 Å². The third kappa shape index (κ3) is 3.39. The first-order valence-electron chi connectivity index (χ1n) is 10.7. The zero-order valence-corrected chi connectivity index (χ0v) is 17.3. The summed E-state index contributed by atoms with van der Waals surface area (Å²) >= 11 is 0. The van der Waals surface area contributed by atoms with Crippen molar-refractivity contribution in [3.63, 3.8) is 0 Å². The van der Waals surface area contributed by atoms with Crippen molar-refractivity contribution in [3.05, 3.63) is 71.5 Å². The summed E-state index contributed by atoms with van der Waals surface area (Å²) in [5, 5.41) is 5.72. The van der Waals surface area contributed by atoms with E-state index in [9.17, 15) is 4.79 Å². The van der Waals surface area contributed by atoms with E-state index in [0.29, 0.717) is 13.0 Å². The lowest BCUT2D eigenvalue weighted by Gasteiger charge is -2.24. The van der Waals surface area contributed by atoms with Gasteiger partial charge in [-0.05, 0) is 42.5 Å². The van der Waals surface area contributed by atoms with E-state index in [4.69, 9.17) is 4.74 Å². The lowest BCUT2D eigenvalue weighted by Crippen LogP contribution is -2.32. The standard InChI is InChI=1S/C25H27N3O2/c1-30-14-13-28-16-17(18-7-3-5-12-23(18)28)15-24(29)26-22-11-6-9-20-19-8-2-4-10-21(19)27-25(20)22/h2-5,7-8,10,12,16,22,27H,6,9,11,13-15H2,1H3,(H,26,29)/t22-/m0/s1. The molecule has 1 aliphatic rings. The summed E-state index contributed by atoms with van der Waals surface area (Å²) in [5.74, 6) is 0.0705. The summed E-state index contributed by atoms with van der Waals surface area (Å²) in [7, 11) is 1.71. The Morgan fingerprint density at radius 2 is 1.97 bits per heavy atom. The van der Waals surface area contributed by atoms with E-state index in [1.165, 1.54) is 16.6 Å². The van der Waals surface area contributed by atoms with Crippen LogP contribution in [0, 0.1) is 0 Å². The number of methoxy groups -OCH3 is 1. The summed E-state index contributed by atoms with van der Waals surface area (Å²) in [5.41, 5.74) is 5.90. The van der Waals surface area contributed by atoms with E-state index in [0.717, 1.165) is 47.8 Å². The van der Waals surface area contributed by atoms with E-state index in [1.54, 1.807) is 7.11 Å². The molecule has 154 valence electrons. The Balaban J connectivity index is 1.38. The SMILES string of the molecule is COCCn1cc(CC(=O)N[C@H]2CCCc3c2[nH]c2ccccc32)c2ccccc21. The second kappa shape index (κ2) is 8.00. The maximum absolute atomic E-state index is 13.0. The first-order chi connectivity index (χ1) is 14.7. The first-order valence-corrected chi connectivity index (χ1v) is 10.7. The van der Waals surface area contributed by atoms with Gasteiger partial charge in [0.15, 0.2) is 0 Å². The third-order valence-corrected chi connectivity index (χ3v) is 6.21. The minimum atomic E-state index is 0.0514. The number of hydrogen-bond donors (Lipinski definition) is 2. The highest BCUT2D eigenvalue weighted by atomic mass is 16.5. The van der Waals surface area contributed by atoms with Crippen LogP contribution in [-0.4, -0.2) is 29.2 Å². The molecule has 1 amide bonds. The molecule has 0 saturated heterocycles. The van der Waals surface area contributed by atoms with Crippen molar-refractivity contribution >= 4 is 27.7 Å². The summed E-state index contributed by atoms with van der Waals surface area (Å²) in [6, 6.07) is 16.7. The van der Waals surface area contributed by atoms with E-state index in [1.807, 2.05) is 12.1 Å². The number of aryl methyl sites for hydroxylation is 1. The molecule has 0 unspecified atom stereocenters. The highest BCUT2D eigenvalue weighted by Gasteiger charge is 2.25. The molecule has 0 saturated carbocycles. The number of para-hydroxylation sites is 2. The van der Waals surface area contributed by atoms with Crippen LogP contribution >= 0.6 is 0 Å². The van der Waals surface area contributed by atoms with Crippen LogP contribution in [0.25, 0.3) is 21.8 Å². The predicted molar refractivity (Wildman–Crippen MR) is 120 cm³/mol. The molecule has 0 bridgehead atoms. The number of amides is 1. The summed E-state index contributed by atoms with van der Waals surface area (Å²) in [6.45, 7) is 1.43. The number of nitrogens with one attached hydrogen (secondary N) is 2.